The zero-order chi connectivity index (χ0) is 13.7. The van der Waals surface area contributed by atoms with E-state index in [1.807, 2.05) is 23.9 Å². The van der Waals surface area contributed by atoms with Gasteiger partial charge >= 0.3 is 0 Å². The Morgan fingerprint density at radius 1 is 1.40 bits per heavy atom. The zero-order valence-electron chi connectivity index (χ0n) is 11.4. The first-order valence-electron chi connectivity index (χ1n) is 7.03. The summed E-state index contributed by atoms with van der Waals surface area (Å²) in [7, 11) is 0. The summed E-state index contributed by atoms with van der Waals surface area (Å²) in [6.45, 7) is 1.91. The number of aromatic nitrogens is 5. The lowest BCUT2D eigenvalue weighted by atomic mass is 9.83. The number of rotatable bonds is 1. The van der Waals surface area contributed by atoms with Crippen LogP contribution in [-0.2, 0) is 0 Å². The minimum atomic E-state index is -0.530. The van der Waals surface area contributed by atoms with E-state index >= 15 is 0 Å². The maximum absolute atomic E-state index is 10.1. The zero-order valence-corrected chi connectivity index (χ0v) is 11.4. The first-order chi connectivity index (χ1) is 9.64. The lowest BCUT2D eigenvalue weighted by Gasteiger charge is -2.33. The molecule has 0 aromatic carbocycles. The number of fused-ring (bicyclic) bond motifs is 3. The smallest absolute Gasteiger partial charge is 0.139 e. The fourth-order valence-electron chi connectivity index (χ4n) is 3.16. The normalized spacial score (nSPS) is 27.4. The van der Waals surface area contributed by atoms with Gasteiger partial charge in [-0.1, -0.05) is 5.21 Å². The standard InChI is InChI=1S/C14H17N5O/c1-14(20)5-2-9(3-6-14)19-12-10-4-7-15-13(10)16-8-11(12)17-18-19/h4,7-9,20H,2-3,5-6H2,1H3,(H,15,16). The summed E-state index contributed by atoms with van der Waals surface area (Å²) in [6, 6.07) is 2.32. The van der Waals surface area contributed by atoms with E-state index in [2.05, 4.69) is 20.3 Å². The van der Waals surface area contributed by atoms with Crippen LogP contribution in [0.3, 0.4) is 0 Å². The highest BCUT2D eigenvalue weighted by molar-refractivity contribution is 6.00. The number of hydrogen-bond donors (Lipinski definition) is 2. The van der Waals surface area contributed by atoms with Crippen molar-refractivity contribution in [2.75, 3.05) is 0 Å². The Bertz CT molecular complexity index is 762. The molecule has 0 spiro atoms. The molecular weight excluding hydrogens is 254 g/mol. The van der Waals surface area contributed by atoms with E-state index < -0.39 is 5.60 Å². The minimum Gasteiger partial charge on any atom is -0.390 e. The van der Waals surface area contributed by atoms with Gasteiger partial charge in [-0.15, -0.1) is 5.10 Å². The SMILES string of the molecule is CC1(O)CCC(n2nnc3cnc4[nH]ccc4c32)CC1. The first kappa shape index (κ1) is 11.8. The Morgan fingerprint density at radius 3 is 3.00 bits per heavy atom. The molecule has 1 aliphatic rings. The molecule has 0 aliphatic heterocycles. The molecule has 1 fully saturated rings. The van der Waals surface area contributed by atoms with Gasteiger partial charge in [0.05, 0.1) is 17.8 Å². The van der Waals surface area contributed by atoms with E-state index in [0.717, 1.165) is 47.8 Å². The van der Waals surface area contributed by atoms with Crippen molar-refractivity contribution in [1.29, 1.82) is 0 Å². The third-order valence-corrected chi connectivity index (χ3v) is 4.39. The van der Waals surface area contributed by atoms with Gasteiger partial charge < -0.3 is 10.1 Å². The van der Waals surface area contributed by atoms with Crippen molar-refractivity contribution in [2.24, 2.45) is 0 Å². The van der Waals surface area contributed by atoms with Crippen LogP contribution in [0, 0.1) is 0 Å². The Kier molecular flexibility index (Phi) is 2.38. The third kappa shape index (κ3) is 1.71. The molecule has 3 heterocycles. The first-order valence-corrected chi connectivity index (χ1v) is 7.03. The number of hydrogen-bond acceptors (Lipinski definition) is 4. The number of aromatic amines is 1. The van der Waals surface area contributed by atoms with Gasteiger partial charge in [-0.05, 0) is 38.7 Å². The third-order valence-electron chi connectivity index (χ3n) is 4.39. The van der Waals surface area contributed by atoms with E-state index in [0.29, 0.717) is 6.04 Å². The molecule has 0 radical (unpaired) electrons. The second-order valence-corrected chi connectivity index (χ2v) is 5.99. The average Bonchev–Trinajstić information content (AvgIpc) is 3.03. The Balaban J connectivity index is 1.82. The van der Waals surface area contributed by atoms with Crippen molar-refractivity contribution in [1.82, 2.24) is 25.0 Å². The Labute approximate surface area is 115 Å². The van der Waals surface area contributed by atoms with E-state index in [4.69, 9.17) is 0 Å². The largest absolute Gasteiger partial charge is 0.390 e. The van der Waals surface area contributed by atoms with Crippen molar-refractivity contribution in [2.45, 2.75) is 44.2 Å². The van der Waals surface area contributed by atoms with Gasteiger partial charge in [0, 0.05) is 11.6 Å². The van der Waals surface area contributed by atoms with Crippen LogP contribution < -0.4 is 0 Å². The quantitative estimate of drug-likeness (QED) is 0.711. The highest BCUT2D eigenvalue weighted by Gasteiger charge is 2.31. The van der Waals surface area contributed by atoms with Crippen LogP contribution in [0.2, 0.25) is 0 Å². The Morgan fingerprint density at radius 2 is 2.20 bits per heavy atom. The van der Waals surface area contributed by atoms with Crippen molar-refractivity contribution in [3.63, 3.8) is 0 Å². The second kappa shape index (κ2) is 4.02. The molecule has 0 unspecified atom stereocenters. The highest BCUT2D eigenvalue weighted by Crippen LogP contribution is 2.36. The summed E-state index contributed by atoms with van der Waals surface area (Å²) in [5, 5.41) is 19.7. The molecular formula is C14H17N5O. The van der Waals surface area contributed by atoms with Gasteiger partial charge in [-0.2, -0.15) is 0 Å². The van der Waals surface area contributed by atoms with Gasteiger partial charge in [0.1, 0.15) is 16.7 Å². The summed E-state index contributed by atoms with van der Waals surface area (Å²) in [4.78, 5) is 7.46. The van der Waals surface area contributed by atoms with Gasteiger partial charge in [0.15, 0.2) is 0 Å². The number of nitrogens with zero attached hydrogens (tertiary/aromatic N) is 4. The van der Waals surface area contributed by atoms with E-state index in [-0.39, 0.29) is 0 Å². The lowest BCUT2D eigenvalue weighted by molar-refractivity contribution is 0.00884. The molecule has 0 saturated heterocycles. The maximum atomic E-state index is 10.1. The van der Waals surface area contributed by atoms with Gasteiger partial charge in [0.2, 0.25) is 0 Å². The predicted molar refractivity (Wildman–Crippen MR) is 75.3 cm³/mol. The van der Waals surface area contributed by atoms with E-state index in [9.17, 15) is 5.11 Å². The summed E-state index contributed by atoms with van der Waals surface area (Å²) in [6.07, 6.45) is 7.12. The molecule has 0 amide bonds. The summed E-state index contributed by atoms with van der Waals surface area (Å²) in [5.41, 5.74) is 2.21. The van der Waals surface area contributed by atoms with Crippen LogP contribution in [0.5, 0.6) is 0 Å². The van der Waals surface area contributed by atoms with Crippen LogP contribution in [0.15, 0.2) is 18.5 Å². The molecule has 1 aliphatic carbocycles. The van der Waals surface area contributed by atoms with E-state index in [1.54, 1.807) is 6.20 Å². The minimum absolute atomic E-state index is 0.306. The van der Waals surface area contributed by atoms with Crippen molar-refractivity contribution in [3.05, 3.63) is 18.5 Å². The van der Waals surface area contributed by atoms with E-state index in [1.165, 1.54) is 0 Å². The van der Waals surface area contributed by atoms with Gasteiger partial charge in [-0.25, -0.2) is 9.67 Å². The summed E-state index contributed by atoms with van der Waals surface area (Å²) < 4.78 is 2.02. The maximum Gasteiger partial charge on any atom is 0.139 e. The van der Waals surface area contributed by atoms with Gasteiger partial charge in [0.25, 0.3) is 0 Å². The average molecular weight is 271 g/mol. The monoisotopic (exact) mass is 271 g/mol. The topological polar surface area (TPSA) is 79.6 Å². The van der Waals surface area contributed by atoms with Crippen molar-refractivity contribution < 1.29 is 5.11 Å². The molecule has 0 atom stereocenters. The summed E-state index contributed by atoms with van der Waals surface area (Å²) >= 11 is 0. The Hall–Kier alpha value is -1.95. The number of aliphatic hydroxyl groups is 1. The molecule has 3 aromatic heterocycles. The molecule has 1 saturated carbocycles. The molecule has 4 rings (SSSR count). The molecule has 6 nitrogen and oxygen atoms in total. The second-order valence-electron chi connectivity index (χ2n) is 5.99. The number of H-pyrrole nitrogens is 1. The molecule has 3 aromatic rings. The van der Waals surface area contributed by atoms with Crippen molar-refractivity contribution >= 4 is 22.1 Å². The predicted octanol–water partition coefficient (Wildman–Crippen LogP) is 2.17. The molecule has 0 bridgehead atoms. The number of pyridine rings is 1. The van der Waals surface area contributed by atoms with Crippen molar-refractivity contribution in [3.8, 4) is 0 Å². The van der Waals surface area contributed by atoms with Crippen LogP contribution in [0.1, 0.15) is 38.6 Å². The fraction of sp³-hybridized carbons (Fsp3) is 0.500. The van der Waals surface area contributed by atoms with Gasteiger partial charge in [-0.3, -0.25) is 0 Å². The summed E-state index contributed by atoms with van der Waals surface area (Å²) in [5.74, 6) is 0. The lowest BCUT2D eigenvalue weighted by Crippen LogP contribution is -2.31. The fourth-order valence-corrected chi connectivity index (χ4v) is 3.16. The molecule has 6 heteroatoms. The number of nitrogens with one attached hydrogen (secondary N) is 1. The van der Waals surface area contributed by atoms with Crippen LogP contribution in [0.25, 0.3) is 22.1 Å². The highest BCUT2D eigenvalue weighted by atomic mass is 16.3. The molecule has 2 N–H and O–H groups in total. The van der Waals surface area contributed by atoms with Crippen LogP contribution >= 0.6 is 0 Å². The molecule has 104 valence electrons. The van der Waals surface area contributed by atoms with Crippen LogP contribution in [-0.4, -0.2) is 35.7 Å². The van der Waals surface area contributed by atoms with Crippen LogP contribution in [0.4, 0.5) is 0 Å². The molecule has 20 heavy (non-hydrogen) atoms.